The molecule has 0 aliphatic carbocycles. The van der Waals surface area contributed by atoms with Gasteiger partial charge in [-0.25, -0.2) is 4.98 Å². The van der Waals surface area contributed by atoms with Crippen LogP contribution in [0.15, 0.2) is 23.4 Å². The average Bonchev–Trinajstić information content (AvgIpc) is 2.55. The molecular formula is C11H13ClN4S. The number of halogens is 1. The number of imidazole rings is 1. The molecule has 1 aromatic heterocycles. The number of nitrogens with one attached hydrogen (secondary N) is 1. The molecule has 2 aromatic rings. The van der Waals surface area contributed by atoms with E-state index in [2.05, 4.69) is 4.98 Å². The zero-order valence-corrected chi connectivity index (χ0v) is 11.0. The van der Waals surface area contributed by atoms with Crippen LogP contribution in [0.4, 0.5) is 0 Å². The number of hydrogen-bond acceptors (Lipinski definition) is 3. The molecule has 4 nitrogen and oxygen atoms in total. The van der Waals surface area contributed by atoms with E-state index in [1.165, 1.54) is 0 Å². The summed E-state index contributed by atoms with van der Waals surface area (Å²) in [5.74, 6) is 0.972. The van der Waals surface area contributed by atoms with Crippen LogP contribution in [0.25, 0.3) is 11.0 Å². The molecule has 0 radical (unpaired) electrons. The van der Waals surface area contributed by atoms with E-state index in [1.54, 1.807) is 11.8 Å². The topological polar surface area (TPSA) is 67.7 Å². The van der Waals surface area contributed by atoms with Crippen LogP contribution in [0.5, 0.6) is 0 Å². The van der Waals surface area contributed by atoms with Gasteiger partial charge in [0.25, 0.3) is 0 Å². The Morgan fingerprint density at radius 3 is 3.06 bits per heavy atom. The predicted octanol–water partition coefficient (Wildman–Crippen LogP) is 2.64. The Morgan fingerprint density at radius 1 is 1.59 bits per heavy atom. The summed E-state index contributed by atoms with van der Waals surface area (Å²) < 4.78 is 2.02. The highest BCUT2D eigenvalue weighted by Gasteiger charge is 2.08. The average molecular weight is 269 g/mol. The molecule has 0 atom stereocenters. The lowest BCUT2D eigenvalue weighted by Gasteiger charge is -2.01. The van der Waals surface area contributed by atoms with Gasteiger partial charge in [-0.1, -0.05) is 23.4 Å². The first-order valence-electron chi connectivity index (χ1n) is 5.15. The highest BCUT2D eigenvalue weighted by Crippen LogP contribution is 2.25. The Hall–Kier alpha value is -1.20. The third-order valence-corrected chi connectivity index (χ3v) is 3.67. The molecule has 1 aromatic carbocycles. The molecule has 0 amide bonds. The van der Waals surface area contributed by atoms with E-state index >= 15 is 0 Å². The number of amidine groups is 1. The molecule has 1 heterocycles. The maximum atomic E-state index is 7.17. The SMILES string of the molecule is Cn1c(SCCC(=N)N)nc2cc(Cl)ccc21. The molecule has 0 unspecified atom stereocenters. The highest BCUT2D eigenvalue weighted by atomic mass is 35.5. The first-order chi connectivity index (χ1) is 8.08. The molecular weight excluding hydrogens is 256 g/mol. The van der Waals surface area contributed by atoms with Gasteiger partial charge in [0.2, 0.25) is 0 Å². The minimum atomic E-state index is 0.208. The van der Waals surface area contributed by atoms with Gasteiger partial charge < -0.3 is 10.3 Å². The number of nitrogens with two attached hydrogens (primary N) is 1. The Labute approximate surface area is 109 Å². The van der Waals surface area contributed by atoms with Crippen molar-refractivity contribution in [3.8, 4) is 0 Å². The Balaban J connectivity index is 2.23. The summed E-state index contributed by atoms with van der Waals surface area (Å²) in [7, 11) is 1.97. The van der Waals surface area contributed by atoms with Gasteiger partial charge in [-0.05, 0) is 18.2 Å². The smallest absolute Gasteiger partial charge is 0.168 e. The third kappa shape index (κ3) is 2.73. The first kappa shape index (κ1) is 12.3. The monoisotopic (exact) mass is 268 g/mol. The van der Waals surface area contributed by atoms with Crippen LogP contribution in [0, 0.1) is 5.41 Å². The van der Waals surface area contributed by atoms with Crippen LogP contribution in [0.2, 0.25) is 5.02 Å². The van der Waals surface area contributed by atoms with Gasteiger partial charge in [0.05, 0.1) is 16.9 Å². The molecule has 0 aliphatic rings. The van der Waals surface area contributed by atoms with Crippen molar-refractivity contribution in [3.05, 3.63) is 23.2 Å². The van der Waals surface area contributed by atoms with Crippen LogP contribution < -0.4 is 5.73 Å². The van der Waals surface area contributed by atoms with E-state index < -0.39 is 0 Å². The molecule has 3 N–H and O–H groups in total. The molecule has 0 bridgehead atoms. The van der Waals surface area contributed by atoms with E-state index in [-0.39, 0.29) is 5.84 Å². The van der Waals surface area contributed by atoms with Gasteiger partial charge in [0.15, 0.2) is 5.16 Å². The number of nitrogens with zero attached hydrogens (tertiary/aromatic N) is 2. The summed E-state index contributed by atoms with van der Waals surface area (Å²) in [6.45, 7) is 0. The summed E-state index contributed by atoms with van der Waals surface area (Å²) in [5, 5.41) is 8.78. The molecule has 0 saturated heterocycles. The van der Waals surface area contributed by atoms with E-state index in [9.17, 15) is 0 Å². The Kier molecular flexibility index (Phi) is 3.59. The summed E-state index contributed by atoms with van der Waals surface area (Å²) >= 11 is 7.52. The molecule has 0 saturated carbocycles. The van der Waals surface area contributed by atoms with Crippen molar-refractivity contribution < 1.29 is 0 Å². The van der Waals surface area contributed by atoms with E-state index in [0.717, 1.165) is 21.9 Å². The molecule has 6 heteroatoms. The van der Waals surface area contributed by atoms with Crippen molar-refractivity contribution >= 4 is 40.2 Å². The lowest BCUT2D eigenvalue weighted by atomic mass is 10.3. The summed E-state index contributed by atoms with van der Waals surface area (Å²) in [5.41, 5.74) is 7.26. The third-order valence-electron chi connectivity index (χ3n) is 2.40. The van der Waals surface area contributed by atoms with Crippen molar-refractivity contribution in [3.63, 3.8) is 0 Å². The number of aryl methyl sites for hydroxylation is 1. The fourth-order valence-corrected chi connectivity index (χ4v) is 2.66. The number of aromatic nitrogens is 2. The van der Waals surface area contributed by atoms with Gasteiger partial charge in [-0.15, -0.1) is 0 Å². The molecule has 2 rings (SSSR count). The van der Waals surface area contributed by atoms with Gasteiger partial charge in [-0.3, -0.25) is 5.41 Å². The largest absolute Gasteiger partial charge is 0.388 e. The number of thioether (sulfide) groups is 1. The maximum absolute atomic E-state index is 7.17. The first-order valence-corrected chi connectivity index (χ1v) is 6.52. The normalized spacial score (nSPS) is 10.9. The zero-order valence-electron chi connectivity index (χ0n) is 9.40. The number of fused-ring (bicyclic) bond motifs is 1. The Bertz CT molecular complexity index is 564. The standard InChI is InChI=1S/C11H13ClN4S/c1-16-9-3-2-7(12)6-8(9)15-11(16)17-5-4-10(13)14/h2-3,6H,4-5H2,1H3,(H3,13,14). The summed E-state index contributed by atoms with van der Waals surface area (Å²) in [6.07, 6.45) is 0.578. The van der Waals surface area contributed by atoms with E-state index in [0.29, 0.717) is 11.4 Å². The molecule has 17 heavy (non-hydrogen) atoms. The summed E-state index contributed by atoms with van der Waals surface area (Å²) in [4.78, 5) is 4.50. The van der Waals surface area contributed by atoms with E-state index in [1.807, 2.05) is 29.8 Å². The lowest BCUT2D eigenvalue weighted by molar-refractivity contribution is 0.815. The van der Waals surface area contributed by atoms with Crippen LogP contribution in [-0.2, 0) is 7.05 Å². The fraction of sp³-hybridized carbons (Fsp3) is 0.273. The number of benzene rings is 1. The predicted molar refractivity (Wildman–Crippen MR) is 73.0 cm³/mol. The fourth-order valence-electron chi connectivity index (χ4n) is 1.53. The second-order valence-corrected chi connectivity index (χ2v) is 5.21. The van der Waals surface area contributed by atoms with Gasteiger partial charge in [-0.2, -0.15) is 0 Å². The Morgan fingerprint density at radius 2 is 2.35 bits per heavy atom. The molecule has 90 valence electrons. The molecule has 0 aliphatic heterocycles. The molecule has 0 fully saturated rings. The van der Waals surface area contributed by atoms with Crippen molar-refractivity contribution in [2.45, 2.75) is 11.6 Å². The van der Waals surface area contributed by atoms with Crippen molar-refractivity contribution in [1.82, 2.24) is 9.55 Å². The highest BCUT2D eigenvalue weighted by molar-refractivity contribution is 7.99. The molecule has 0 spiro atoms. The van der Waals surface area contributed by atoms with Crippen molar-refractivity contribution in [2.75, 3.05) is 5.75 Å². The number of rotatable bonds is 4. The number of hydrogen-bond donors (Lipinski definition) is 2. The summed E-state index contributed by atoms with van der Waals surface area (Å²) in [6, 6.07) is 5.67. The second-order valence-electron chi connectivity index (χ2n) is 3.71. The van der Waals surface area contributed by atoms with E-state index in [4.69, 9.17) is 22.7 Å². The van der Waals surface area contributed by atoms with Crippen molar-refractivity contribution in [2.24, 2.45) is 12.8 Å². The second kappa shape index (κ2) is 4.98. The van der Waals surface area contributed by atoms with Crippen LogP contribution in [-0.4, -0.2) is 21.1 Å². The maximum Gasteiger partial charge on any atom is 0.168 e. The van der Waals surface area contributed by atoms with Gasteiger partial charge in [0.1, 0.15) is 0 Å². The van der Waals surface area contributed by atoms with Gasteiger partial charge >= 0.3 is 0 Å². The van der Waals surface area contributed by atoms with Crippen LogP contribution >= 0.6 is 23.4 Å². The minimum Gasteiger partial charge on any atom is -0.388 e. The van der Waals surface area contributed by atoms with Crippen molar-refractivity contribution in [1.29, 1.82) is 5.41 Å². The van der Waals surface area contributed by atoms with Gasteiger partial charge in [0, 0.05) is 24.2 Å². The minimum absolute atomic E-state index is 0.208. The van der Waals surface area contributed by atoms with Crippen LogP contribution in [0.3, 0.4) is 0 Å². The quantitative estimate of drug-likeness (QED) is 0.509. The van der Waals surface area contributed by atoms with Crippen LogP contribution in [0.1, 0.15) is 6.42 Å². The zero-order chi connectivity index (χ0) is 12.4. The lowest BCUT2D eigenvalue weighted by Crippen LogP contribution is -2.10.